The van der Waals surface area contributed by atoms with Gasteiger partial charge in [-0.1, -0.05) is 19.9 Å². The highest BCUT2D eigenvalue weighted by Gasteiger charge is 2.41. The van der Waals surface area contributed by atoms with Crippen molar-refractivity contribution >= 4 is 0 Å². The van der Waals surface area contributed by atoms with Crippen LogP contribution in [0.2, 0.25) is 0 Å². The van der Waals surface area contributed by atoms with E-state index in [4.69, 9.17) is 9.84 Å². The Balaban J connectivity index is 2.74. The van der Waals surface area contributed by atoms with Gasteiger partial charge in [-0.2, -0.15) is 0 Å². The summed E-state index contributed by atoms with van der Waals surface area (Å²) < 4.78 is 5.90. The molecule has 3 atom stereocenters. The topological polar surface area (TPSA) is 29.5 Å². The monoisotopic (exact) mass is 198 g/mol. The summed E-state index contributed by atoms with van der Waals surface area (Å²) in [6, 6.07) is 0. The van der Waals surface area contributed by atoms with Crippen molar-refractivity contribution in [1.82, 2.24) is 0 Å². The lowest BCUT2D eigenvalue weighted by Gasteiger charge is -2.45. The van der Waals surface area contributed by atoms with Gasteiger partial charge < -0.3 is 9.84 Å². The maximum Gasteiger partial charge on any atom is 0.0739 e. The van der Waals surface area contributed by atoms with E-state index >= 15 is 0 Å². The van der Waals surface area contributed by atoms with Gasteiger partial charge >= 0.3 is 0 Å². The summed E-state index contributed by atoms with van der Waals surface area (Å²) in [4.78, 5) is 0. The van der Waals surface area contributed by atoms with Gasteiger partial charge in [-0.15, -0.1) is 6.58 Å². The number of hydrogen-bond acceptors (Lipinski definition) is 2. The maximum atomic E-state index is 9.10. The van der Waals surface area contributed by atoms with Crippen LogP contribution in [0.1, 0.15) is 27.2 Å². The van der Waals surface area contributed by atoms with Crippen LogP contribution in [0.25, 0.3) is 0 Å². The van der Waals surface area contributed by atoms with Crippen LogP contribution >= 0.6 is 0 Å². The molecular weight excluding hydrogens is 176 g/mol. The van der Waals surface area contributed by atoms with Crippen molar-refractivity contribution in [2.24, 2.45) is 17.8 Å². The molecule has 1 rings (SSSR count). The van der Waals surface area contributed by atoms with Gasteiger partial charge in [-0.25, -0.2) is 0 Å². The summed E-state index contributed by atoms with van der Waals surface area (Å²) in [5.74, 6) is 1.11. The third kappa shape index (κ3) is 2.01. The largest absolute Gasteiger partial charge is 0.396 e. The Kier molecular flexibility index (Phi) is 3.73. The molecule has 1 N–H and O–H groups in total. The Labute approximate surface area is 87.0 Å². The second-order valence-corrected chi connectivity index (χ2v) is 4.78. The fourth-order valence-electron chi connectivity index (χ4n) is 2.12. The Bertz CT molecular complexity index is 200. The summed E-state index contributed by atoms with van der Waals surface area (Å²) in [5, 5.41) is 9.10. The summed E-state index contributed by atoms with van der Waals surface area (Å²) in [7, 11) is 0. The standard InChI is InChI=1S/C12H22O2/c1-5-11-6-10(7-13)8-14-12(11,4)9(2)3/h5,9-11,13H,1,6-8H2,2-4H3/t10-,11-,12+/m0/s1. The van der Waals surface area contributed by atoms with Crippen LogP contribution in [0.15, 0.2) is 12.7 Å². The quantitative estimate of drug-likeness (QED) is 0.705. The highest BCUT2D eigenvalue weighted by molar-refractivity contribution is 4.99. The van der Waals surface area contributed by atoms with Crippen LogP contribution in [0, 0.1) is 17.8 Å². The van der Waals surface area contributed by atoms with Gasteiger partial charge in [0.1, 0.15) is 0 Å². The molecule has 0 spiro atoms. The minimum atomic E-state index is -0.104. The minimum Gasteiger partial charge on any atom is -0.396 e. The molecule has 1 saturated heterocycles. The van der Waals surface area contributed by atoms with E-state index in [0.717, 1.165) is 6.42 Å². The van der Waals surface area contributed by atoms with Crippen LogP contribution in [-0.4, -0.2) is 23.9 Å². The Morgan fingerprint density at radius 1 is 1.64 bits per heavy atom. The summed E-state index contributed by atoms with van der Waals surface area (Å²) in [5.41, 5.74) is -0.104. The molecule has 1 aliphatic heterocycles. The van der Waals surface area contributed by atoms with Crippen LogP contribution in [0.5, 0.6) is 0 Å². The molecular formula is C12H22O2. The summed E-state index contributed by atoms with van der Waals surface area (Å²) in [6.45, 7) is 11.3. The first-order valence-electron chi connectivity index (χ1n) is 5.42. The summed E-state index contributed by atoms with van der Waals surface area (Å²) >= 11 is 0. The molecule has 0 saturated carbocycles. The third-order valence-corrected chi connectivity index (χ3v) is 3.64. The first kappa shape index (κ1) is 11.7. The highest BCUT2D eigenvalue weighted by atomic mass is 16.5. The molecule has 0 radical (unpaired) electrons. The zero-order valence-electron chi connectivity index (χ0n) is 9.49. The first-order valence-corrected chi connectivity index (χ1v) is 5.42. The number of rotatable bonds is 3. The van der Waals surface area contributed by atoms with E-state index in [1.807, 2.05) is 6.08 Å². The highest BCUT2D eigenvalue weighted by Crippen LogP contribution is 2.39. The van der Waals surface area contributed by atoms with Crippen molar-refractivity contribution in [1.29, 1.82) is 0 Å². The van der Waals surface area contributed by atoms with Gasteiger partial charge in [-0.05, 0) is 19.3 Å². The van der Waals surface area contributed by atoms with E-state index in [0.29, 0.717) is 18.4 Å². The number of hydrogen-bond donors (Lipinski definition) is 1. The number of aliphatic hydroxyl groups excluding tert-OH is 1. The molecule has 0 aromatic carbocycles. The van der Waals surface area contributed by atoms with Gasteiger partial charge in [0.15, 0.2) is 0 Å². The predicted octanol–water partition coefficient (Wildman–Crippen LogP) is 2.23. The van der Waals surface area contributed by atoms with Crippen molar-refractivity contribution in [2.45, 2.75) is 32.8 Å². The van der Waals surface area contributed by atoms with Crippen LogP contribution < -0.4 is 0 Å². The van der Waals surface area contributed by atoms with E-state index in [2.05, 4.69) is 27.4 Å². The maximum absolute atomic E-state index is 9.10. The van der Waals surface area contributed by atoms with Gasteiger partial charge in [0.25, 0.3) is 0 Å². The van der Waals surface area contributed by atoms with E-state index in [1.165, 1.54) is 0 Å². The zero-order chi connectivity index (χ0) is 10.8. The molecule has 0 aromatic heterocycles. The lowest BCUT2D eigenvalue weighted by molar-refractivity contribution is -0.146. The molecule has 2 heteroatoms. The molecule has 1 aliphatic rings. The minimum absolute atomic E-state index is 0.104. The lowest BCUT2D eigenvalue weighted by Crippen LogP contribution is -2.48. The number of ether oxygens (including phenoxy) is 1. The van der Waals surface area contributed by atoms with Crippen molar-refractivity contribution < 1.29 is 9.84 Å². The average molecular weight is 198 g/mol. The fraction of sp³-hybridized carbons (Fsp3) is 0.833. The summed E-state index contributed by atoms with van der Waals surface area (Å²) in [6.07, 6.45) is 2.97. The van der Waals surface area contributed by atoms with Crippen molar-refractivity contribution in [2.75, 3.05) is 13.2 Å². The molecule has 1 heterocycles. The first-order chi connectivity index (χ1) is 6.54. The zero-order valence-corrected chi connectivity index (χ0v) is 9.49. The van der Waals surface area contributed by atoms with E-state index in [1.54, 1.807) is 0 Å². The van der Waals surface area contributed by atoms with Crippen LogP contribution in [0.3, 0.4) is 0 Å². The normalized spacial score (nSPS) is 38.6. The Hall–Kier alpha value is -0.340. The predicted molar refractivity (Wildman–Crippen MR) is 58.1 cm³/mol. The molecule has 0 aliphatic carbocycles. The van der Waals surface area contributed by atoms with Gasteiger partial charge in [0, 0.05) is 18.4 Å². The van der Waals surface area contributed by atoms with Crippen LogP contribution in [0.4, 0.5) is 0 Å². The molecule has 0 unspecified atom stereocenters. The van der Waals surface area contributed by atoms with Crippen molar-refractivity contribution in [3.05, 3.63) is 12.7 Å². The second-order valence-electron chi connectivity index (χ2n) is 4.78. The molecule has 0 aromatic rings. The average Bonchev–Trinajstić information content (AvgIpc) is 2.18. The van der Waals surface area contributed by atoms with Crippen LogP contribution in [-0.2, 0) is 4.74 Å². The van der Waals surface area contributed by atoms with Gasteiger partial charge in [-0.3, -0.25) is 0 Å². The van der Waals surface area contributed by atoms with E-state index in [-0.39, 0.29) is 18.1 Å². The smallest absolute Gasteiger partial charge is 0.0739 e. The second kappa shape index (κ2) is 4.45. The van der Waals surface area contributed by atoms with E-state index < -0.39 is 0 Å². The van der Waals surface area contributed by atoms with Crippen molar-refractivity contribution in [3.63, 3.8) is 0 Å². The lowest BCUT2D eigenvalue weighted by atomic mass is 9.73. The molecule has 1 fully saturated rings. The van der Waals surface area contributed by atoms with Gasteiger partial charge in [0.2, 0.25) is 0 Å². The third-order valence-electron chi connectivity index (χ3n) is 3.64. The number of aliphatic hydroxyl groups is 1. The molecule has 0 amide bonds. The molecule has 2 nitrogen and oxygen atoms in total. The van der Waals surface area contributed by atoms with Crippen molar-refractivity contribution in [3.8, 4) is 0 Å². The Morgan fingerprint density at radius 2 is 2.29 bits per heavy atom. The molecule has 82 valence electrons. The SMILES string of the molecule is C=C[C@H]1C[C@@H](CO)CO[C@]1(C)C(C)C. The van der Waals surface area contributed by atoms with E-state index in [9.17, 15) is 0 Å². The molecule has 14 heavy (non-hydrogen) atoms. The fourth-order valence-corrected chi connectivity index (χ4v) is 2.12. The van der Waals surface area contributed by atoms with Gasteiger partial charge in [0.05, 0.1) is 12.2 Å². The molecule has 0 bridgehead atoms. The Morgan fingerprint density at radius 3 is 2.71 bits per heavy atom.